The molecular formula is C95H72BCl2F11N14O6. The Morgan fingerprint density at radius 1 is 0.395 bits per heavy atom. The Bertz CT molecular complexity index is 6830. The summed E-state index contributed by atoms with van der Waals surface area (Å²) in [6.45, 7) is 12.6. The van der Waals surface area contributed by atoms with Crippen molar-refractivity contribution in [2.75, 3.05) is 16.0 Å². The smallest absolute Gasteiger partial charge is 0.423 e. The minimum Gasteiger partial charge on any atom is -0.423 e. The van der Waals surface area contributed by atoms with Gasteiger partial charge in [0.15, 0.2) is 52.8 Å². The van der Waals surface area contributed by atoms with E-state index in [1.54, 1.807) is 114 Å². The van der Waals surface area contributed by atoms with Crippen LogP contribution in [0.25, 0.3) is 73.0 Å². The monoisotopic (exact) mass is 1790 g/mol. The molecule has 0 aliphatic heterocycles. The van der Waals surface area contributed by atoms with E-state index in [-0.39, 0.29) is 63.3 Å². The van der Waals surface area contributed by atoms with Crippen LogP contribution in [0, 0.1) is 112 Å². The first-order valence-electron chi connectivity index (χ1n) is 38.8. The number of carbonyl (C=O) groups is 4. The molecule has 34 heteroatoms. The van der Waals surface area contributed by atoms with Gasteiger partial charge in [0.2, 0.25) is 0 Å². The lowest BCUT2D eigenvalue weighted by molar-refractivity contribution is 0.101. The standard InChI is InChI=1S/2C27H19F3N4O.C14H9ClF2N2.C13H12BFN2O3.C7H6ClNO.C7H7F2N/c2*1-15-10-11-34-23(14-32-26(34)20-4-3-5-22(29)25(20)30)24(15)17-12-21(16(2)31-13-17)27(35)33-19-8-6-18(28)7-9-19;1-8-5-6-19-11(12(8)15)7-18-14(19)9-3-2-4-10(16)13(9)17;1-8-12(6-9(7-16-8)14(19)20)13(18)17-11-4-2-10(15)3-5-11;1-5-2-3-9-6(4-10)7(5)8;8-6-3-1-2-5(4-10)7(6)9/h2*3-14H,1-2H3,(H,33,35);2-7H,1H3;2-7,19-20H,1H3,(H,17,18);2-4H,1H3;1-3H,4,10H2. The van der Waals surface area contributed by atoms with Crippen molar-refractivity contribution in [3.63, 3.8) is 0 Å². The molecule has 10 heterocycles. The van der Waals surface area contributed by atoms with E-state index in [1.165, 1.54) is 134 Å². The molecule has 0 saturated carbocycles. The second-order valence-corrected chi connectivity index (χ2v) is 29.4. The van der Waals surface area contributed by atoms with Crippen LogP contribution >= 0.6 is 23.2 Å². The summed E-state index contributed by atoms with van der Waals surface area (Å²) in [4.78, 5) is 77.6. The molecule has 17 rings (SSSR count). The van der Waals surface area contributed by atoms with Crippen molar-refractivity contribution in [3.8, 4) is 56.4 Å². The van der Waals surface area contributed by atoms with Crippen LogP contribution in [0.5, 0.6) is 0 Å². The van der Waals surface area contributed by atoms with Gasteiger partial charge in [-0.3, -0.25) is 52.3 Å². The van der Waals surface area contributed by atoms with Crippen LogP contribution in [-0.4, -0.2) is 89.3 Å². The van der Waals surface area contributed by atoms with Crippen molar-refractivity contribution in [2.45, 2.75) is 55.0 Å². The van der Waals surface area contributed by atoms with Gasteiger partial charge in [0.1, 0.15) is 40.6 Å². The highest BCUT2D eigenvalue weighted by molar-refractivity contribution is 6.58. The number of benzene rings is 7. The highest BCUT2D eigenvalue weighted by atomic mass is 35.5. The van der Waals surface area contributed by atoms with Crippen LogP contribution < -0.4 is 27.1 Å². The van der Waals surface area contributed by atoms with E-state index in [0.717, 1.165) is 57.6 Å². The molecule has 0 bridgehead atoms. The maximum atomic E-state index is 14.5. The Hall–Kier alpha value is -15.0. The summed E-state index contributed by atoms with van der Waals surface area (Å²) < 4.78 is 153. The Kier molecular flexibility index (Phi) is 29.9. The number of pyridine rings is 7. The summed E-state index contributed by atoms with van der Waals surface area (Å²) >= 11 is 11.9. The number of aldehydes is 1. The Morgan fingerprint density at radius 2 is 0.736 bits per heavy atom. The molecule has 0 fully saturated rings. The average molecular weight is 1800 g/mol. The number of carbonyl (C=O) groups excluding carboxylic acids is 4. The molecular weight excluding hydrogens is 1720 g/mol. The molecule has 3 amide bonds. The minimum atomic E-state index is -1.69. The van der Waals surface area contributed by atoms with Crippen LogP contribution in [0.3, 0.4) is 0 Å². The van der Waals surface area contributed by atoms with Crippen molar-refractivity contribution >= 4 is 93.4 Å². The van der Waals surface area contributed by atoms with Gasteiger partial charge in [-0.1, -0.05) is 53.5 Å². The number of amides is 3. The zero-order valence-corrected chi connectivity index (χ0v) is 70.5. The van der Waals surface area contributed by atoms with E-state index >= 15 is 0 Å². The predicted octanol–water partition coefficient (Wildman–Crippen LogP) is 20.7. The highest BCUT2D eigenvalue weighted by Gasteiger charge is 2.25. The van der Waals surface area contributed by atoms with Crippen molar-refractivity contribution in [1.82, 2.24) is 48.1 Å². The first-order chi connectivity index (χ1) is 61.7. The number of hydrogen-bond donors (Lipinski definition) is 6. The third-order valence-electron chi connectivity index (χ3n) is 19.9. The number of halogens is 13. The van der Waals surface area contributed by atoms with Crippen molar-refractivity contribution in [2.24, 2.45) is 5.73 Å². The number of nitrogens with one attached hydrogen (secondary N) is 3. The van der Waals surface area contributed by atoms with Gasteiger partial charge in [-0.15, -0.1) is 0 Å². The number of anilines is 3. The fourth-order valence-corrected chi connectivity index (χ4v) is 13.5. The molecule has 0 unspecified atom stereocenters. The van der Waals surface area contributed by atoms with Crippen LogP contribution in [0.4, 0.5) is 65.4 Å². The second-order valence-electron chi connectivity index (χ2n) is 28.6. The van der Waals surface area contributed by atoms with E-state index in [2.05, 4.69) is 50.8 Å². The van der Waals surface area contributed by atoms with Crippen molar-refractivity contribution in [1.29, 1.82) is 0 Å². The summed E-state index contributed by atoms with van der Waals surface area (Å²) in [6, 6.07) is 44.2. The predicted molar refractivity (Wildman–Crippen MR) is 472 cm³/mol. The lowest BCUT2D eigenvalue weighted by Crippen LogP contribution is -2.32. The topological polar surface area (TPSA) is 274 Å². The van der Waals surface area contributed by atoms with E-state index in [9.17, 15) is 67.5 Å². The summed E-state index contributed by atoms with van der Waals surface area (Å²) in [5, 5.41) is 27.3. The fraction of sp³-hybridized carbons (Fsp3) is 0.0842. The van der Waals surface area contributed by atoms with Gasteiger partial charge < -0.3 is 31.7 Å². The largest absolute Gasteiger partial charge is 0.490 e. The summed E-state index contributed by atoms with van der Waals surface area (Å²) in [7, 11) is -1.69. The molecule has 7 N–H and O–H groups in total. The Labute approximate surface area is 739 Å². The number of imidazole rings is 3. The number of hydrogen-bond acceptors (Lipinski definition) is 14. The maximum absolute atomic E-state index is 14.5. The zero-order valence-electron chi connectivity index (χ0n) is 69.0. The van der Waals surface area contributed by atoms with Crippen molar-refractivity contribution < 1.29 is 77.5 Å². The van der Waals surface area contributed by atoms with E-state index in [1.807, 2.05) is 39.8 Å². The SMILES string of the molecule is Cc1ccn2c(-c3cccc(F)c3F)ncc2c1-c1cnc(C)c(C(=O)Nc2ccc(F)cc2)c1.Cc1ccn2c(-c3cccc(F)c3F)ncc2c1-c1cnc(C)c(C(=O)Nc2ccc(F)cc2)c1.Cc1ccn2c(-c3cccc(F)c3F)ncc2c1Cl.Cc1ccnc(C=O)c1Cl.Cc1ncc(B(O)O)cc1C(=O)Nc1ccc(F)cc1.NCc1cccc(F)c1F. The Morgan fingerprint density at radius 3 is 1.10 bits per heavy atom. The highest BCUT2D eigenvalue weighted by Crippen LogP contribution is 2.37. The number of rotatable bonds is 14. The summed E-state index contributed by atoms with van der Waals surface area (Å²) in [5.41, 5.74) is 18.1. The molecule has 0 saturated heterocycles. The molecule has 10 aromatic heterocycles. The van der Waals surface area contributed by atoms with Gasteiger partial charge >= 0.3 is 7.12 Å². The molecule has 129 heavy (non-hydrogen) atoms. The first-order valence-corrected chi connectivity index (χ1v) is 39.5. The van der Waals surface area contributed by atoms with Gasteiger partial charge in [-0.25, -0.2) is 63.2 Å². The van der Waals surface area contributed by atoms with Gasteiger partial charge in [-0.05, 0) is 228 Å². The van der Waals surface area contributed by atoms with Crippen LogP contribution in [0.1, 0.15) is 86.5 Å². The quantitative estimate of drug-likeness (QED) is 0.0336. The van der Waals surface area contributed by atoms with Crippen LogP contribution in [-0.2, 0) is 6.54 Å². The van der Waals surface area contributed by atoms with Crippen LogP contribution in [0.15, 0.2) is 250 Å². The molecule has 0 atom stereocenters. The maximum Gasteiger partial charge on any atom is 0.490 e. The van der Waals surface area contributed by atoms with E-state index < -0.39 is 77.0 Å². The van der Waals surface area contributed by atoms with E-state index in [0.29, 0.717) is 101 Å². The molecule has 0 radical (unpaired) electrons. The van der Waals surface area contributed by atoms with Gasteiger partial charge in [0, 0.05) is 106 Å². The lowest BCUT2D eigenvalue weighted by atomic mass is 9.80. The molecule has 7 aromatic carbocycles. The van der Waals surface area contributed by atoms with Crippen LogP contribution in [0.2, 0.25) is 10.0 Å². The summed E-state index contributed by atoms with van der Waals surface area (Å²) in [5.74, 6) is -8.92. The molecule has 652 valence electrons. The van der Waals surface area contributed by atoms with Gasteiger partial charge in [0.05, 0.1) is 90.0 Å². The molecule has 0 spiro atoms. The molecule has 17 aromatic rings. The minimum absolute atomic E-state index is 0.0313. The average Bonchev–Trinajstić information content (AvgIpc) is 1.64. The van der Waals surface area contributed by atoms with Crippen molar-refractivity contribution in [3.05, 3.63) is 391 Å². The fourth-order valence-electron chi connectivity index (χ4n) is 13.1. The second kappa shape index (κ2) is 41.4. The third kappa shape index (κ3) is 21.6. The number of aryl methyl sites for hydroxylation is 7. The number of nitrogens with two attached hydrogens (primary N) is 1. The summed E-state index contributed by atoms with van der Waals surface area (Å²) in [6.07, 6.45) is 16.7. The lowest BCUT2D eigenvalue weighted by Gasteiger charge is -2.13. The van der Waals surface area contributed by atoms with Gasteiger partial charge in [-0.2, -0.15) is 0 Å². The number of fused-ring (bicyclic) bond motifs is 3. The zero-order chi connectivity index (χ0) is 92.8. The third-order valence-corrected chi connectivity index (χ3v) is 20.9. The molecule has 20 nitrogen and oxygen atoms in total. The first kappa shape index (κ1) is 93.2. The number of nitrogens with zero attached hydrogens (tertiary/aromatic N) is 10. The van der Waals surface area contributed by atoms with E-state index in [4.69, 9.17) is 39.0 Å². The number of aromatic nitrogens is 10. The normalized spacial score (nSPS) is 10.8. The molecule has 0 aliphatic rings. The Balaban J connectivity index is 0.000000149. The molecule has 0 aliphatic carbocycles. The van der Waals surface area contributed by atoms with Gasteiger partial charge in [0.25, 0.3) is 17.7 Å².